The largest absolute Gasteiger partial charge is 0.465 e. The van der Waals surface area contributed by atoms with Crippen molar-refractivity contribution in [3.8, 4) is 0 Å². The summed E-state index contributed by atoms with van der Waals surface area (Å²) in [5.41, 5.74) is 8.62. The number of esters is 1. The molecule has 1 fully saturated rings. The van der Waals surface area contributed by atoms with Crippen molar-refractivity contribution in [1.29, 1.82) is 0 Å². The number of aryl methyl sites for hydroxylation is 1. The molecule has 1 aliphatic rings. The maximum Gasteiger partial charge on any atom is 0.340 e. The molecule has 1 unspecified atom stereocenters. The molecule has 0 radical (unpaired) electrons. The number of nitrogens with one attached hydrogen (secondary N) is 1. The smallest absolute Gasteiger partial charge is 0.340 e. The maximum absolute atomic E-state index is 11.7. The van der Waals surface area contributed by atoms with Crippen LogP contribution < -0.4 is 11.1 Å². The molecule has 3 N–H and O–H groups in total. The van der Waals surface area contributed by atoms with Gasteiger partial charge in [-0.2, -0.15) is 0 Å². The fourth-order valence-corrected chi connectivity index (χ4v) is 2.43. The van der Waals surface area contributed by atoms with Gasteiger partial charge in [0.1, 0.15) is 0 Å². The van der Waals surface area contributed by atoms with E-state index < -0.39 is 5.97 Å². The zero-order valence-corrected chi connectivity index (χ0v) is 13.3. The maximum atomic E-state index is 11.7. The number of carbonyl (C=O) groups excluding carboxylic acids is 1. The lowest BCUT2D eigenvalue weighted by molar-refractivity contribution is 0.0602. The number of likely N-dealkylation sites (N-methyl/N-ethyl adjacent to an activating group) is 1. The van der Waals surface area contributed by atoms with E-state index in [9.17, 15) is 4.79 Å². The van der Waals surface area contributed by atoms with E-state index in [4.69, 9.17) is 10.5 Å². The highest BCUT2D eigenvalue weighted by molar-refractivity contribution is 5.97. The molecule has 5 heteroatoms. The van der Waals surface area contributed by atoms with Crippen molar-refractivity contribution < 1.29 is 9.53 Å². The van der Waals surface area contributed by atoms with Crippen LogP contribution in [0, 0.1) is 6.92 Å². The third-order valence-corrected chi connectivity index (χ3v) is 4.21. The van der Waals surface area contributed by atoms with Crippen LogP contribution in [-0.2, 0) is 4.74 Å². The van der Waals surface area contributed by atoms with Crippen molar-refractivity contribution in [1.82, 2.24) is 4.90 Å². The summed E-state index contributed by atoms with van der Waals surface area (Å²) in [6.07, 6.45) is 2.60. The predicted molar refractivity (Wildman–Crippen MR) is 85.7 cm³/mol. The topological polar surface area (TPSA) is 67.6 Å². The van der Waals surface area contributed by atoms with Crippen LogP contribution in [0.2, 0.25) is 0 Å². The molecule has 0 spiro atoms. The van der Waals surface area contributed by atoms with Gasteiger partial charge in [-0.1, -0.05) is 0 Å². The van der Waals surface area contributed by atoms with E-state index in [-0.39, 0.29) is 0 Å². The summed E-state index contributed by atoms with van der Waals surface area (Å²) < 4.78 is 4.78. The second-order valence-electron chi connectivity index (χ2n) is 5.87. The third kappa shape index (κ3) is 3.67. The highest BCUT2D eigenvalue weighted by Crippen LogP contribution is 2.27. The number of ether oxygens (including phenoxy) is 1. The van der Waals surface area contributed by atoms with Crippen LogP contribution in [0.4, 0.5) is 11.4 Å². The third-order valence-electron chi connectivity index (χ3n) is 4.21. The van der Waals surface area contributed by atoms with Gasteiger partial charge in [0.2, 0.25) is 0 Å². The Labute approximate surface area is 126 Å². The molecule has 116 valence electrons. The van der Waals surface area contributed by atoms with Gasteiger partial charge in [-0.3, -0.25) is 4.90 Å². The molecule has 5 nitrogen and oxygen atoms in total. The Balaban J connectivity index is 2.05. The first-order valence-corrected chi connectivity index (χ1v) is 7.38. The highest BCUT2D eigenvalue weighted by atomic mass is 16.5. The van der Waals surface area contributed by atoms with E-state index >= 15 is 0 Å². The summed E-state index contributed by atoms with van der Waals surface area (Å²) in [5.74, 6) is -0.401. The number of anilines is 2. The minimum absolute atomic E-state index is 0.401. The van der Waals surface area contributed by atoms with Crippen molar-refractivity contribution in [3.63, 3.8) is 0 Å². The van der Waals surface area contributed by atoms with E-state index in [1.165, 1.54) is 20.0 Å². The number of hydrogen-bond donors (Lipinski definition) is 2. The number of rotatable bonds is 6. The number of nitrogens with two attached hydrogens (primary N) is 1. The molecule has 0 aromatic heterocycles. The van der Waals surface area contributed by atoms with Crippen LogP contribution in [0.25, 0.3) is 0 Å². The van der Waals surface area contributed by atoms with Gasteiger partial charge in [0.15, 0.2) is 0 Å². The molecule has 1 aromatic carbocycles. The molecular weight excluding hydrogens is 266 g/mol. The Hall–Kier alpha value is -1.75. The van der Waals surface area contributed by atoms with Crippen LogP contribution in [-0.4, -0.2) is 43.7 Å². The van der Waals surface area contributed by atoms with E-state index in [0.717, 1.165) is 23.8 Å². The van der Waals surface area contributed by atoms with Crippen LogP contribution in [0.5, 0.6) is 0 Å². The average molecular weight is 291 g/mol. The van der Waals surface area contributed by atoms with Gasteiger partial charge in [-0.25, -0.2) is 4.79 Å². The molecule has 0 aliphatic heterocycles. The first-order chi connectivity index (χ1) is 9.93. The zero-order chi connectivity index (χ0) is 15.6. The second kappa shape index (κ2) is 6.35. The minimum atomic E-state index is -0.401. The normalized spacial score (nSPS) is 15.9. The minimum Gasteiger partial charge on any atom is -0.465 e. The SMILES string of the molecule is COC(=O)c1cc(NCC(C)N(C)C2CC2)cc(C)c1N. The van der Waals surface area contributed by atoms with Gasteiger partial charge in [0.25, 0.3) is 0 Å². The molecule has 21 heavy (non-hydrogen) atoms. The van der Waals surface area contributed by atoms with E-state index in [1.807, 2.05) is 13.0 Å². The van der Waals surface area contributed by atoms with Crippen molar-refractivity contribution in [3.05, 3.63) is 23.3 Å². The number of carbonyl (C=O) groups is 1. The molecule has 0 heterocycles. The molecule has 0 amide bonds. The van der Waals surface area contributed by atoms with Crippen molar-refractivity contribution in [2.24, 2.45) is 0 Å². The summed E-state index contributed by atoms with van der Waals surface area (Å²) in [4.78, 5) is 14.1. The van der Waals surface area contributed by atoms with Gasteiger partial charge in [-0.05, 0) is 51.4 Å². The number of benzene rings is 1. The molecule has 0 saturated heterocycles. The van der Waals surface area contributed by atoms with Gasteiger partial charge in [0, 0.05) is 30.0 Å². The number of methoxy groups -OCH3 is 1. The van der Waals surface area contributed by atoms with Gasteiger partial charge in [0.05, 0.1) is 12.7 Å². The lowest BCUT2D eigenvalue weighted by Crippen LogP contribution is -2.36. The molecular formula is C16H25N3O2. The van der Waals surface area contributed by atoms with Gasteiger partial charge in [-0.15, -0.1) is 0 Å². The first-order valence-electron chi connectivity index (χ1n) is 7.38. The quantitative estimate of drug-likeness (QED) is 0.621. The van der Waals surface area contributed by atoms with E-state index in [0.29, 0.717) is 17.3 Å². The molecule has 1 saturated carbocycles. The highest BCUT2D eigenvalue weighted by Gasteiger charge is 2.28. The summed E-state index contributed by atoms with van der Waals surface area (Å²) >= 11 is 0. The predicted octanol–water partition coefficient (Wildman–Crippen LogP) is 2.26. The zero-order valence-electron chi connectivity index (χ0n) is 13.3. The Kier molecular flexibility index (Phi) is 4.73. The number of nitrogen functional groups attached to an aromatic ring is 1. The van der Waals surface area contributed by atoms with Crippen LogP contribution in [0.15, 0.2) is 12.1 Å². The van der Waals surface area contributed by atoms with E-state index in [1.54, 1.807) is 6.07 Å². The fraction of sp³-hybridized carbons (Fsp3) is 0.562. The summed E-state index contributed by atoms with van der Waals surface area (Å²) in [6, 6.07) is 4.90. The first kappa shape index (κ1) is 15.6. The fourth-order valence-electron chi connectivity index (χ4n) is 2.43. The molecule has 2 rings (SSSR count). The molecule has 1 aromatic rings. The van der Waals surface area contributed by atoms with Crippen LogP contribution in [0.3, 0.4) is 0 Å². The Morgan fingerprint density at radius 3 is 2.76 bits per heavy atom. The average Bonchev–Trinajstić information content (AvgIpc) is 3.30. The van der Waals surface area contributed by atoms with Gasteiger partial charge >= 0.3 is 5.97 Å². The summed E-state index contributed by atoms with van der Waals surface area (Å²) in [6.45, 7) is 4.93. The standard InChI is InChI=1S/C16H25N3O2/c1-10-7-12(8-14(15(10)17)16(20)21-4)18-9-11(2)19(3)13-5-6-13/h7-8,11,13,18H,5-6,9,17H2,1-4H3. The molecule has 0 bridgehead atoms. The van der Waals surface area contributed by atoms with Crippen molar-refractivity contribution >= 4 is 17.3 Å². The Morgan fingerprint density at radius 2 is 2.19 bits per heavy atom. The lowest BCUT2D eigenvalue weighted by Gasteiger charge is -2.25. The number of nitrogens with zero attached hydrogens (tertiary/aromatic N) is 1. The molecule has 1 atom stereocenters. The monoisotopic (exact) mass is 291 g/mol. The molecule has 1 aliphatic carbocycles. The number of hydrogen-bond acceptors (Lipinski definition) is 5. The Morgan fingerprint density at radius 1 is 1.52 bits per heavy atom. The van der Waals surface area contributed by atoms with Gasteiger partial charge < -0.3 is 15.8 Å². The summed E-state index contributed by atoms with van der Waals surface area (Å²) in [5, 5.41) is 3.39. The summed E-state index contributed by atoms with van der Waals surface area (Å²) in [7, 11) is 3.53. The van der Waals surface area contributed by atoms with Crippen molar-refractivity contribution in [2.75, 3.05) is 31.8 Å². The van der Waals surface area contributed by atoms with Crippen molar-refractivity contribution in [2.45, 2.75) is 38.8 Å². The van der Waals surface area contributed by atoms with Crippen LogP contribution in [0.1, 0.15) is 35.7 Å². The lowest BCUT2D eigenvalue weighted by atomic mass is 10.1. The second-order valence-corrected chi connectivity index (χ2v) is 5.87. The van der Waals surface area contributed by atoms with Crippen LogP contribution >= 0.6 is 0 Å². The Bertz CT molecular complexity index is 526. The van der Waals surface area contributed by atoms with E-state index in [2.05, 4.69) is 24.2 Å².